The van der Waals surface area contributed by atoms with Gasteiger partial charge in [-0.05, 0) is 6.07 Å². The highest BCUT2D eigenvalue weighted by atomic mass is 19.4. The van der Waals surface area contributed by atoms with Crippen molar-refractivity contribution >= 4 is 33.7 Å². The smallest absolute Gasteiger partial charge is 0.407 e. The number of carbonyl (C=O) groups is 1. The molecule has 1 unspecified atom stereocenters. The Morgan fingerprint density at radius 3 is 3.04 bits per heavy atom. The van der Waals surface area contributed by atoms with Gasteiger partial charge in [0.2, 0.25) is 0 Å². The number of aromatic amines is 1. The lowest BCUT2D eigenvalue weighted by atomic mass is 10.1. The fraction of sp³-hybridized carbons (Fsp3) is 0.375. The van der Waals surface area contributed by atoms with E-state index in [9.17, 15) is 18.0 Å². The summed E-state index contributed by atoms with van der Waals surface area (Å²) < 4.78 is 41.6. The third-order valence-electron chi connectivity index (χ3n) is 4.34. The minimum absolute atomic E-state index is 0.342. The third-order valence-corrected chi connectivity index (χ3v) is 4.34. The molecule has 4 heterocycles. The zero-order valence-electron chi connectivity index (χ0n) is 14.0. The van der Waals surface area contributed by atoms with Crippen molar-refractivity contribution in [1.82, 2.24) is 25.5 Å². The summed E-state index contributed by atoms with van der Waals surface area (Å²) in [5.41, 5.74) is 0.613. The van der Waals surface area contributed by atoms with Crippen molar-refractivity contribution in [3.05, 3.63) is 24.7 Å². The van der Waals surface area contributed by atoms with Crippen molar-refractivity contribution in [1.29, 1.82) is 0 Å². The summed E-state index contributed by atoms with van der Waals surface area (Å²) in [6, 6.07) is 1.86. The molecule has 0 radical (unpaired) electrons. The summed E-state index contributed by atoms with van der Waals surface area (Å²) in [5.74, 6) is 0.731. The molecule has 142 valence electrons. The van der Waals surface area contributed by atoms with Crippen LogP contribution in [0.4, 0.5) is 23.8 Å². The van der Waals surface area contributed by atoms with Crippen molar-refractivity contribution < 1.29 is 22.7 Å². The summed E-state index contributed by atoms with van der Waals surface area (Å²) in [6.07, 6.45) is -0.559. The largest absolute Gasteiger partial charge is 0.444 e. The molecule has 0 bridgehead atoms. The van der Waals surface area contributed by atoms with E-state index in [1.807, 2.05) is 11.0 Å². The lowest BCUT2D eigenvalue weighted by Crippen LogP contribution is -2.36. The van der Waals surface area contributed by atoms with Crippen LogP contribution in [0.5, 0.6) is 0 Å². The normalized spacial score (nSPS) is 17.6. The van der Waals surface area contributed by atoms with Crippen LogP contribution in [0.15, 0.2) is 24.7 Å². The van der Waals surface area contributed by atoms with E-state index in [1.165, 1.54) is 0 Å². The highest BCUT2D eigenvalue weighted by Crippen LogP contribution is 2.31. The Labute approximate surface area is 150 Å². The Morgan fingerprint density at radius 1 is 1.37 bits per heavy atom. The first-order chi connectivity index (χ1) is 12.9. The van der Waals surface area contributed by atoms with Crippen molar-refractivity contribution in [3.63, 3.8) is 0 Å². The van der Waals surface area contributed by atoms with Gasteiger partial charge in [-0.2, -0.15) is 18.3 Å². The van der Waals surface area contributed by atoms with Crippen LogP contribution in [0.1, 0.15) is 6.42 Å². The monoisotopic (exact) mass is 380 g/mol. The van der Waals surface area contributed by atoms with E-state index in [0.29, 0.717) is 25.2 Å². The van der Waals surface area contributed by atoms with Gasteiger partial charge in [0.15, 0.2) is 5.65 Å². The lowest BCUT2D eigenvalue weighted by Gasteiger charge is -2.20. The molecule has 1 atom stereocenters. The molecule has 0 saturated carbocycles. The Kier molecular flexibility index (Phi) is 4.21. The zero-order valence-corrected chi connectivity index (χ0v) is 14.0. The van der Waals surface area contributed by atoms with E-state index in [1.54, 1.807) is 23.9 Å². The van der Waals surface area contributed by atoms with E-state index in [4.69, 9.17) is 4.74 Å². The highest BCUT2D eigenvalue weighted by molar-refractivity contribution is 6.09. The van der Waals surface area contributed by atoms with Gasteiger partial charge in [-0.1, -0.05) is 0 Å². The number of amides is 1. The Morgan fingerprint density at radius 2 is 2.22 bits per heavy atom. The second-order valence-corrected chi connectivity index (χ2v) is 6.22. The molecule has 0 aromatic carbocycles. The van der Waals surface area contributed by atoms with Crippen LogP contribution in [-0.4, -0.2) is 58.2 Å². The number of anilines is 1. The Hall–Kier alpha value is -3.11. The van der Waals surface area contributed by atoms with Gasteiger partial charge < -0.3 is 15.0 Å². The molecular weight excluding hydrogens is 365 g/mol. The molecule has 1 aliphatic rings. The average molecular weight is 380 g/mol. The molecule has 1 amide bonds. The van der Waals surface area contributed by atoms with Gasteiger partial charge >= 0.3 is 12.3 Å². The number of pyridine rings is 1. The molecule has 0 aliphatic carbocycles. The maximum Gasteiger partial charge on any atom is 0.407 e. The van der Waals surface area contributed by atoms with Crippen LogP contribution in [0, 0.1) is 0 Å². The van der Waals surface area contributed by atoms with Gasteiger partial charge in [-0.15, -0.1) is 0 Å². The van der Waals surface area contributed by atoms with Crippen LogP contribution in [0.25, 0.3) is 21.8 Å². The number of nitrogens with zero attached hydrogens (tertiary/aromatic N) is 4. The predicted molar refractivity (Wildman–Crippen MR) is 90.3 cm³/mol. The molecule has 8 nitrogen and oxygen atoms in total. The number of hydrogen-bond acceptors (Lipinski definition) is 6. The number of ether oxygens (including phenoxy) is 1. The first-order valence-electron chi connectivity index (χ1n) is 8.24. The minimum atomic E-state index is -4.47. The van der Waals surface area contributed by atoms with E-state index >= 15 is 0 Å². The number of fused-ring (bicyclic) bond motifs is 3. The number of H-pyrrole nitrogens is 1. The second-order valence-electron chi connectivity index (χ2n) is 6.22. The first kappa shape index (κ1) is 17.3. The number of alkyl halides is 3. The summed E-state index contributed by atoms with van der Waals surface area (Å²) in [5, 5.41) is 11.4. The van der Waals surface area contributed by atoms with E-state index in [2.05, 4.69) is 20.2 Å². The van der Waals surface area contributed by atoms with Gasteiger partial charge in [0, 0.05) is 41.5 Å². The summed E-state index contributed by atoms with van der Waals surface area (Å²) in [6.45, 7) is -0.514. The predicted octanol–water partition coefficient (Wildman–Crippen LogP) is 2.37. The molecule has 1 fully saturated rings. The lowest BCUT2D eigenvalue weighted by molar-refractivity contribution is -0.124. The molecule has 3 aromatic rings. The van der Waals surface area contributed by atoms with Gasteiger partial charge in [-0.3, -0.25) is 5.10 Å². The molecule has 0 spiro atoms. The van der Waals surface area contributed by atoms with Crippen molar-refractivity contribution in [2.24, 2.45) is 0 Å². The number of hydrogen-bond donors (Lipinski definition) is 2. The van der Waals surface area contributed by atoms with E-state index < -0.39 is 24.9 Å². The number of alkyl carbamates (subject to hydrolysis) is 1. The number of rotatable bonds is 3. The van der Waals surface area contributed by atoms with Crippen LogP contribution in [0.2, 0.25) is 0 Å². The summed E-state index contributed by atoms with van der Waals surface area (Å²) in [4.78, 5) is 22.0. The topological polar surface area (TPSA) is 96.0 Å². The van der Waals surface area contributed by atoms with Crippen molar-refractivity contribution in [2.45, 2.75) is 18.7 Å². The number of carbonyl (C=O) groups excluding carboxylic acids is 1. The molecule has 27 heavy (non-hydrogen) atoms. The molecule has 1 aliphatic heterocycles. The number of nitrogens with one attached hydrogen (secondary N) is 2. The van der Waals surface area contributed by atoms with Gasteiger partial charge in [0.1, 0.15) is 18.5 Å². The minimum Gasteiger partial charge on any atom is -0.444 e. The van der Waals surface area contributed by atoms with Crippen molar-refractivity contribution in [3.8, 4) is 0 Å². The van der Waals surface area contributed by atoms with Crippen molar-refractivity contribution in [2.75, 3.05) is 24.5 Å². The van der Waals surface area contributed by atoms with Gasteiger partial charge in [0.25, 0.3) is 0 Å². The molecular formula is C16H15F3N6O2. The summed E-state index contributed by atoms with van der Waals surface area (Å²) in [7, 11) is 0. The first-order valence-corrected chi connectivity index (χ1v) is 8.24. The maximum absolute atomic E-state index is 12.2. The fourth-order valence-electron chi connectivity index (χ4n) is 3.18. The van der Waals surface area contributed by atoms with Gasteiger partial charge in [-0.25, -0.2) is 14.8 Å². The third kappa shape index (κ3) is 3.57. The quantitative estimate of drug-likeness (QED) is 0.724. The zero-order chi connectivity index (χ0) is 19.0. The number of aromatic nitrogens is 4. The van der Waals surface area contributed by atoms with Crippen LogP contribution in [-0.2, 0) is 4.74 Å². The van der Waals surface area contributed by atoms with Gasteiger partial charge in [0.05, 0.1) is 12.7 Å². The van der Waals surface area contributed by atoms with Crippen LogP contribution in [0.3, 0.4) is 0 Å². The molecule has 1 saturated heterocycles. The van der Waals surface area contributed by atoms with Crippen LogP contribution < -0.4 is 10.2 Å². The average Bonchev–Trinajstić information content (AvgIpc) is 3.28. The molecule has 2 N–H and O–H groups in total. The molecule has 3 aromatic heterocycles. The summed E-state index contributed by atoms with van der Waals surface area (Å²) >= 11 is 0. The number of halogens is 3. The fourth-order valence-corrected chi connectivity index (χ4v) is 3.18. The molecule has 11 heteroatoms. The van der Waals surface area contributed by atoms with Crippen LogP contribution >= 0.6 is 0 Å². The maximum atomic E-state index is 12.2. The Bertz CT molecular complexity index is 989. The standard InChI is InChI=1S/C16H15F3N6O2/c17-16(18,19)8-22-15(26)27-10-2-4-25(7-10)14-12-9(6-23-24-14)5-21-13-11(12)1-3-20-13/h1,3,5-6,10,24H,2,4,7-8H2,(H,22,26). The van der Waals surface area contributed by atoms with E-state index in [0.717, 1.165) is 22.0 Å². The second kappa shape index (κ2) is 6.56. The van der Waals surface area contributed by atoms with E-state index in [-0.39, 0.29) is 0 Å². The Balaban J connectivity index is 1.51. The molecule has 4 rings (SSSR count). The highest BCUT2D eigenvalue weighted by Gasteiger charge is 2.31. The SMILES string of the molecule is O=C(NCC(F)(F)F)OC1CCN(c2[nH]ncc3cnc4nccc4c23)C1.